The Labute approximate surface area is 145 Å². The van der Waals surface area contributed by atoms with Crippen LogP contribution in [0.25, 0.3) is 0 Å². The van der Waals surface area contributed by atoms with Gasteiger partial charge in [-0.2, -0.15) is 0 Å². The number of rotatable bonds is 4. The van der Waals surface area contributed by atoms with E-state index in [1.165, 1.54) is 0 Å². The van der Waals surface area contributed by atoms with Crippen molar-refractivity contribution in [3.63, 3.8) is 0 Å². The van der Waals surface area contributed by atoms with Crippen LogP contribution in [-0.4, -0.2) is 61.0 Å². The quantitative estimate of drug-likeness (QED) is 0.854. The van der Waals surface area contributed by atoms with E-state index in [1.807, 2.05) is 11.8 Å². The van der Waals surface area contributed by atoms with E-state index in [9.17, 15) is 9.90 Å². The molecule has 0 aromatic heterocycles. The number of hydrogen-bond acceptors (Lipinski definition) is 4. The smallest absolute Gasteiger partial charge is 0.225 e. The van der Waals surface area contributed by atoms with Gasteiger partial charge in [0.2, 0.25) is 5.91 Å². The molecule has 0 saturated carbocycles. The molecule has 0 radical (unpaired) electrons. The SMILES string of the molecule is CC(CO)C1CCCCN1C(=O)CC1CCC2(CCOCC2)CO1. The topological polar surface area (TPSA) is 59.0 Å². The monoisotopic (exact) mass is 339 g/mol. The maximum atomic E-state index is 12.8. The Morgan fingerprint density at radius 3 is 2.71 bits per heavy atom. The molecule has 0 bridgehead atoms. The number of amides is 1. The first kappa shape index (κ1) is 18.2. The van der Waals surface area contributed by atoms with Crippen molar-refractivity contribution < 1.29 is 19.4 Å². The molecule has 3 rings (SSSR count). The van der Waals surface area contributed by atoms with Gasteiger partial charge in [0, 0.05) is 32.4 Å². The second-order valence-corrected chi connectivity index (χ2v) is 8.10. The minimum atomic E-state index is 0.0676. The number of piperidine rings is 1. The Balaban J connectivity index is 1.51. The van der Waals surface area contributed by atoms with Crippen LogP contribution in [0.3, 0.4) is 0 Å². The van der Waals surface area contributed by atoms with E-state index in [4.69, 9.17) is 9.47 Å². The van der Waals surface area contributed by atoms with Crippen LogP contribution >= 0.6 is 0 Å². The first-order valence-electron chi connectivity index (χ1n) is 9.73. The summed E-state index contributed by atoms with van der Waals surface area (Å²) in [6, 6.07) is 0.196. The lowest BCUT2D eigenvalue weighted by molar-refractivity contribution is -0.146. The van der Waals surface area contributed by atoms with E-state index in [-0.39, 0.29) is 30.6 Å². The summed E-state index contributed by atoms with van der Waals surface area (Å²) in [6.45, 7) is 5.51. The molecule has 24 heavy (non-hydrogen) atoms. The van der Waals surface area contributed by atoms with Gasteiger partial charge in [-0.1, -0.05) is 6.92 Å². The van der Waals surface area contributed by atoms with Crippen molar-refractivity contribution in [3.8, 4) is 0 Å². The molecule has 3 aliphatic rings. The molecule has 3 aliphatic heterocycles. The summed E-state index contributed by atoms with van der Waals surface area (Å²) in [5.74, 6) is 0.375. The average molecular weight is 339 g/mol. The van der Waals surface area contributed by atoms with E-state index in [2.05, 4.69) is 0 Å². The zero-order valence-electron chi connectivity index (χ0n) is 15.0. The molecule has 1 N–H and O–H groups in total. The Bertz CT molecular complexity index is 412. The van der Waals surface area contributed by atoms with Crippen LogP contribution in [0, 0.1) is 11.3 Å². The van der Waals surface area contributed by atoms with Crippen molar-refractivity contribution in [1.82, 2.24) is 4.90 Å². The number of likely N-dealkylation sites (tertiary alicyclic amines) is 1. The van der Waals surface area contributed by atoms with Crippen molar-refractivity contribution in [2.75, 3.05) is 33.0 Å². The third kappa shape index (κ3) is 4.12. The Morgan fingerprint density at radius 2 is 2.04 bits per heavy atom. The second kappa shape index (κ2) is 8.15. The first-order valence-corrected chi connectivity index (χ1v) is 9.73. The summed E-state index contributed by atoms with van der Waals surface area (Å²) < 4.78 is 11.6. The maximum absolute atomic E-state index is 12.8. The number of nitrogens with zero attached hydrogens (tertiary/aromatic N) is 1. The van der Waals surface area contributed by atoms with E-state index in [1.54, 1.807) is 0 Å². The molecule has 3 atom stereocenters. The molecular formula is C19H33NO4. The Morgan fingerprint density at radius 1 is 1.25 bits per heavy atom. The summed E-state index contributed by atoms with van der Waals surface area (Å²) in [5, 5.41) is 9.48. The molecule has 0 aromatic carbocycles. The van der Waals surface area contributed by atoms with Gasteiger partial charge in [0.1, 0.15) is 0 Å². The van der Waals surface area contributed by atoms with Gasteiger partial charge in [0.25, 0.3) is 0 Å². The largest absolute Gasteiger partial charge is 0.396 e. The minimum absolute atomic E-state index is 0.0676. The summed E-state index contributed by atoms with van der Waals surface area (Å²) in [7, 11) is 0. The van der Waals surface area contributed by atoms with Crippen LogP contribution in [0.2, 0.25) is 0 Å². The lowest BCUT2D eigenvalue weighted by atomic mass is 9.75. The van der Waals surface area contributed by atoms with Crippen LogP contribution in [0.5, 0.6) is 0 Å². The summed E-state index contributed by atoms with van der Waals surface area (Å²) in [4.78, 5) is 14.8. The standard InChI is InChI=1S/C19H33NO4/c1-15(13-21)17-4-2-3-9-20(17)18(22)12-16-5-6-19(14-24-16)7-10-23-11-8-19/h15-17,21H,2-14H2,1H3. The highest BCUT2D eigenvalue weighted by Gasteiger charge is 2.39. The van der Waals surface area contributed by atoms with Crippen LogP contribution in [0.4, 0.5) is 0 Å². The average Bonchev–Trinajstić information content (AvgIpc) is 2.64. The fourth-order valence-electron chi connectivity index (χ4n) is 4.57. The van der Waals surface area contributed by atoms with Gasteiger partial charge < -0.3 is 19.5 Å². The zero-order valence-corrected chi connectivity index (χ0v) is 15.0. The molecular weight excluding hydrogens is 306 g/mol. The fourth-order valence-corrected chi connectivity index (χ4v) is 4.57. The first-order chi connectivity index (χ1) is 11.6. The second-order valence-electron chi connectivity index (χ2n) is 8.10. The normalized spacial score (nSPS) is 31.8. The van der Waals surface area contributed by atoms with E-state index >= 15 is 0 Å². The third-order valence-corrected chi connectivity index (χ3v) is 6.39. The molecule has 3 fully saturated rings. The Hall–Kier alpha value is -0.650. The van der Waals surface area contributed by atoms with E-state index in [0.717, 1.165) is 71.3 Å². The minimum Gasteiger partial charge on any atom is -0.396 e. The predicted octanol–water partition coefficient (Wildman–Crippen LogP) is 2.36. The third-order valence-electron chi connectivity index (χ3n) is 6.39. The van der Waals surface area contributed by atoms with Crippen LogP contribution in [0.1, 0.15) is 58.3 Å². The van der Waals surface area contributed by atoms with Gasteiger partial charge in [-0.05, 0) is 56.3 Å². The lowest BCUT2D eigenvalue weighted by Crippen LogP contribution is -2.49. The molecule has 0 aliphatic carbocycles. The van der Waals surface area contributed by atoms with Crippen molar-refractivity contribution in [2.45, 2.75) is 70.4 Å². The molecule has 138 valence electrons. The van der Waals surface area contributed by atoms with Gasteiger partial charge in [-0.3, -0.25) is 4.79 Å². The van der Waals surface area contributed by atoms with Gasteiger partial charge in [-0.15, -0.1) is 0 Å². The van der Waals surface area contributed by atoms with Crippen molar-refractivity contribution >= 4 is 5.91 Å². The number of ether oxygens (including phenoxy) is 2. The molecule has 1 amide bonds. The number of aliphatic hydroxyl groups is 1. The fraction of sp³-hybridized carbons (Fsp3) is 0.947. The molecule has 0 aromatic rings. The van der Waals surface area contributed by atoms with Crippen LogP contribution in [0.15, 0.2) is 0 Å². The number of aliphatic hydroxyl groups excluding tert-OH is 1. The van der Waals surface area contributed by atoms with Gasteiger partial charge >= 0.3 is 0 Å². The highest BCUT2D eigenvalue weighted by molar-refractivity contribution is 5.77. The molecule has 3 saturated heterocycles. The molecule has 3 heterocycles. The molecule has 5 heteroatoms. The Kier molecular flexibility index (Phi) is 6.17. The number of hydrogen-bond donors (Lipinski definition) is 1. The predicted molar refractivity (Wildman–Crippen MR) is 91.7 cm³/mol. The highest BCUT2D eigenvalue weighted by Crippen LogP contribution is 2.40. The molecule has 1 spiro atoms. The number of carbonyl (C=O) groups is 1. The highest BCUT2D eigenvalue weighted by atomic mass is 16.5. The van der Waals surface area contributed by atoms with Gasteiger partial charge in [0.15, 0.2) is 0 Å². The van der Waals surface area contributed by atoms with Crippen LogP contribution in [-0.2, 0) is 14.3 Å². The molecule has 5 nitrogen and oxygen atoms in total. The number of carbonyl (C=O) groups excluding carboxylic acids is 1. The van der Waals surface area contributed by atoms with Gasteiger partial charge in [-0.25, -0.2) is 0 Å². The lowest BCUT2D eigenvalue weighted by Gasteiger charge is -2.43. The summed E-state index contributed by atoms with van der Waals surface area (Å²) in [6.07, 6.45) is 8.15. The van der Waals surface area contributed by atoms with Crippen LogP contribution < -0.4 is 0 Å². The van der Waals surface area contributed by atoms with Crippen molar-refractivity contribution in [3.05, 3.63) is 0 Å². The van der Waals surface area contributed by atoms with Crippen molar-refractivity contribution in [2.24, 2.45) is 11.3 Å². The van der Waals surface area contributed by atoms with Gasteiger partial charge in [0.05, 0.1) is 19.1 Å². The van der Waals surface area contributed by atoms with Crippen molar-refractivity contribution in [1.29, 1.82) is 0 Å². The van der Waals surface area contributed by atoms with E-state index in [0.29, 0.717) is 11.8 Å². The summed E-state index contributed by atoms with van der Waals surface area (Å²) in [5.41, 5.74) is 0.302. The summed E-state index contributed by atoms with van der Waals surface area (Å²) >= 11 is 0. The zero-order chi connectivity index (χ0) is 17.0. The maximum Gasteiger partial charge on any atom is 0.225 e. The molecule has 3 unspecified atom stereocenters. The van der Waals surface area contributed by atoms with E-state index < -0.39 is 0 Å².